The summed E-state index contributed by atoms with van der Waals surface area (Å²) in [5.41, 5.74) is 0. The molecule has 0 aromatic carbocycles. The lowest BCUT2D eigenvalue weighted by Crippen LogP contribution is -2.48. The molecule has 16 heavy (non-hydrogen) atoms. The molecular formula is C14H28N2. The molecule has 0 spiro atoms. The molecule has 2 heteroatoms. The second-order valence-corrected chi connectivity index (χ2v) is 5.92. The van der Waals surface area contributed by atoms with Crippen molar-refractivity contribution in [3.05, 3.63) is 0 Å². The lowest BCUT2D eigenvalue weighted by Gasteiger charge is -2.36. The Balaban J connectivity index is 1.71. The maximum atomic E-state index is 3.90. The Morgan fingerprint density at radius 1 is 1.12 bits per heavy atom. The molecule has 1 saturated carbocycles. The molecule has 0 bridgehead atoms. The standard InChI is InChI=1S/C14H28N2/c1-4-14(12-5-6-12)15-13-7-9-16(10-8-13)11(2)3/h11-15H,4-10H2,1-3H3. The Labute approximate surface area is 101 Å². The van der Waals surface area contributed by atoms with Crippen LogP contribution in [0.15, 0.2) is 0 Å². The van der Waals surface area contributed by atoms with Crippen LogP contribution in [0.25, 0.3) is 0 Å². The lowest BCUT2D eigenvalue weighted by molar-refractivity contribution is 0.154. The van der Waals surface area contributed by atoms with Gasteiger partial charge in [0, 0.05) is 18.1 Å². The van der Waals surface area contributed by atoms with Crippen LogP contribution in [0.2, 0.25) is 0 Å². The zero-order valence-electron chi connectivity index (χ0n) is 11.2. The highest BCUT2D eigenvalue weighted by Crippen LogP contribution is 2.34. The number of rotatable bonds is 5. The van der Waals surface area contributed by atoms with Crippen LogP contribution >= 0.6 is 0 Å². The molecule has 1 unspecified atom stereocenters. The fourth-order valence-electron chi connectivity index (χ4n) is 2.97. The Hall–Kier alpha value is -0.0800. The van der Waals surface area contributed by atoms with Gasteiger partial charge in [-0.2, -0.15) is 0 Å². The highest BCUT2D eigenvalue weighted by atomic mass is 15.2. The van der Waals surface area contributed by atoms with Crippen molar-refractivity contribution in [1.82, 2.24) is 10.2 Å². The highest BCUT2D eigenvalue weighted by molar-refractivity contribution is 4.89. The number of nitrogens with one attached hydrogen (secondary N) is 1. The first-order valence-corrected chi connectivity index (χ1v) is 7.20. The van der Waals surface area contributed by atoms with Crippen LogP contribution in [0, 0.1) is 5.92 Å². The lowest BCUT2D eigenvalue weighted by atomic mass is 10.0. The zero-order chi connectivity index (χ0) is 11.5. The van der Waals surface area contributed by atoms with E-state index in [1.54, 1.807) is 0 Å². The predicted octanol–water partition coefficient (Wildman–Crippen LogP) is 2.64. The molecule has 94 valence electrons. The van der Waals surface area contributed by atoms with Gasteiger partial charge in [0.1, 0.15) is 0 Å². The summed E-state index contributed by atoms with van der Waals surface area (Å²) in [6.07, 6.45) is 6.95. The van der Waals surface area contributed by atoms with E-state index in [1.165, 1.54) is 45.2 Å². The van der Waals surface area contributed by atoms with E-state index in [9.17, 15) is 0 Å². The fraction of sp³-hybridized carbons (Fsp3) is 1.00. The van der Waals surface area contributed by atoms with Gasteiger partial charge >= 0.3 is 0 Å². The molecule has 2 nitrogen and oxygen atoms in total. The van der Waals surface area contributed by atoms with Gasteiger partial charge in [-0.15, -0.1) is 0 Å². The maximum absolute atomic E-state index is 3.90. The molecule has 2 fully saturated rings. The average Bonchev–Trinajstić information content (AvgIpc) is 3.10. The van der Waals surface area contributed by atoms with E-state index < -0.39 is 0 Å². The molecule has 1 aliphatic heterocycles. The van der Waals surface area contributed by atoms with Gasteiger partial charge in [-0.1, -0.05) is 6.92 Å². The third-order valence-corrected chi connectivity index (χ3v) is 4.34. The molecule has 0 aromatic heterocycles. The van der Waals surface area contributed by atoms with Crippen molar-refractivity contribution >= 4 is 0 Å². The minimum absolute atomic E-state index is 0.728. The average molecular weight is 224 g/mol. The number of hydrogen-bond acceptors (Lipinski definition) is 2. The predicted molar refractivity (Wildman–Crippen MR) is 69.7 cm³/mol. The molecule has 0 radical (unpaired) electrons. The minimum atomic E-state index is 0.728. The molecule has 0 aromatic rings. The Morgan fingerprint density at radius 2 is 1.75 bits per heavy atom. The van der Waals surface area contributed by atoms with E-state index in [2.05, 4.69) is 31.0 Å². The van der Waals surface area contributed by atoms with Crippen LogP contribution in [0.3, 0.4) is 0 Å². The Kier molecular flexibility index (Phi) is 4.26. The summed E-state index contributed by atoms with van der Waals surface area (Å²) in [6, 6.07) is 2.34. The second-order valence-electron chi connectivity index (χ2n) is 5.92. The smallest absolute Gasteiger partial charge is 0.00953 e. The summed E-state index contributed by atoms with van der Waals surface area (Å²) in [5.74, 6) is 1.01. The van der Waals surface area contributed by atoms with E-state index >= 15 is 0 Å². The molecule has 1 aliphatic carbocycles. The first-order valence-electron chi connectivity index (χ1n) is 7.20. The summed E-state index contributed by atoms with van der Waals surface area (Å²) < 4.78 is 0. The van der Waals surface area contributed by atoms with Gasteiger partial charge < -0.3 is 10.2 Å². The zero-order valence-corrected chi connectivity index (χ0v) is 11.2. The van der Waals surface area contributed by atoms with Gasteiger partial charge in [-0.05, 0) is 65.0 Å². The molecule has 2 rings (SSSR count). The molecule has 1 N–H and O–H groups in total. The van der Waals surface area contributed by atoms with Crippen molar-refractivity contribution in [2.75, 3.05) is 13.1 Å². The van der Waals surface area contributed by atoms with Crippen molar-refractivity contribution in [2.45, 2.75) is 71.0 Å². The third kappa shape index (κ3) is 3.21. The SMILES string of the molecule is CCC(NC1CCN(C(C)C)CC1)C1CC1. The summed E-state index contributed by atoms with van der Waals surface area (Å²) in [6.45, 7) is 9.53. The van der Waals surface area contributed by atoms with Crippen LogP contribution in [0.1, 0.15) is 52.9 Å². The van der Waals surface area contributed by atoms with Crippen LogP contribution in [-0.4, -0.2) is 36.1 Å². The van der Waals surface area contributed by atoms with Gasteiger partial charge in [0.25, 0.3) is 0 Å². The molecule has 1 heterocycles. The van der Waals surface area contributed by atoms with E-state index in [4.69, 9.17) is 0 Å². The van der Waals surface area contributed by atoms with Crippen LogP contribution < -0.4 is 5.32 Å². The minimum Gasteiger partial charge on any atom is -0.311 e. The number of nitrogens with zero attached hydrogens (tertiary/aromatic N) is 1. The van der Waals surface area contributed by atoms with Gasteiger partial charge in [0.15, 0.2) is 0 Å². The fourth-order valence-corrected chi connectivity index (χ4v) is 2.97. The first-order chi connectivity index (χ1) is 7.70. The third-order valence-electron chi connectivity index (χ3n) is 4.34. The van der Waals surface area contributed by atoms with Crippen molar-refractivity contribution in [1.29, 1.82) is 0 Å². The maximum Gasteiger partial charge on any atom is 0.00953 e. The Bertz CT molecular complexity index is 203. The van der Waals surface area contributed by atoms with Gasteiger partial charge in [0.05, 0.1) is 0 Å². The summed E-state index contributed by atoms with van der Waals surface area (Å²) in [4.78, 5) is 2.61. The van der Waals surface area contributed by atoms with E-state index in [1.807, 2.05) is 0 Å². The topological polar surface area (TPSA) is 15.3 Å². The number of piperidine rings is 1. The molecule has 0 amide bonds. The van der Waals surface area contributed by atoms with E-state index in [0.717, 1.165) is 24.0 Å². The quantitative estimate of drug-likeness (QED) is 0.772. The second kappa shape index (κ2) is 5.50. The van der Waals surface area contributed by atoms with Crippen molar-refractivity contribution in [3.63, 3.8) is 0 Å². The van der Waals surface area contributed by atoms with Crippen molar-refractivity contribution in [3.8, 4) is 0 Å². The summed E-state index contributed by atoms with van der Waals surface area (Å²) in [7, 11) is 0. The molecule has 1 saturated heterocycles. The van der Waals surface area contributed by atoms with Crippen molar-refractivity contribution < 1.29 is 0 Å². The number of likely N-dealkylation sites (tertiary alicyclic amines) is 1. The summed E-state index contributed by atoms with van der Waals surface area (Å²) in [5, 5.41) is 3.90. The van der Waals surface area contributed by atoms with Crippen LogP contribution in [-0.2, 0) is 0 Å². The van der Waals surface area contributed by atoms with Crippen molar-refractivity contribution in [2.24, 2.45) is 5.92 Å². The Morgan fingerprint density at radius 3 is 2.19 bits per heavy atom. The number of hydrogen-bond donors (Lipinski definition) is 1. The molecular weight excluding hydrogens is 196 g/mol. The van der Waals surface area contributed by atoms with Crippen LogP contribution in [0.4, 0.5) is 0 Å². The summed E-state index contributed by atoms with van der Waals surface area (Å²) >= 11 is 0. The van der Waals surface area contributed by atoms with Gasteiger partial charge in [-0.3, -0.25) is 0 Å². The molecule has 1 atom stereocenters. The normalized spacial score (nSPS) is 26.2. The highest BCUT2D eigenvalue weighted by Gasteiger charge is 2.32. The van der Waals surface area contributed by atoms with Gasteiger partial charge in [-0.25, -0.2) is 0 Å². The van der Waals surface area contributed by atoms with Gasteiger partial charge in [0.2, 0.25) is 0 Å². The van der Waals surface area contributed by atoms with E-state index in [-0.39, 0.29) is 0 Å². The van der Waals surface area contributed by atoms with E-state index in [0.29, 0.717) is 0 Å². The largest absolute Gasteiger partial charge is 0.311 e. The monoisotopic (exact) mass is 224 g/mol. The van der Waals surface area contributed by atoms with Crippen LogP contribution in [0.5, 0.6) is 0 Å². The first kappa shape index (κ1) is 12.4. The molecule has 2 aliphatic rings.